The van der Waals surface area contributed by atoms with E-state index in [1.165, 1.54) is 0 Å². The van der Waals surface area contributed by atoms with E-state index in [-0.39, 0.29) is 11.5 Å². The molecule has 1 aromatic carbocycles. The molecule has 0 bridgehead atoms. The van der Waals surface area contributed by atoms with Crippen LogP contribution in [0.4, 0.5) is 0 Å². The molecule has 0 aliphatic heterocycles. The summed E-state index contributed by atoms with van der Waals surface area (Å²) in [6.07, 6.45) is 0. The number of aromatic amines is 1. The van der Waals surface area contributed by atoms with E-state index in [9.17, 15) is 4.79 Å². The average Bonchev–Trinajstić information content (AvgIpc) is 2.17. The number of fused-ring (bicyclic) bond motifs is 1. The maximum Gasteiger partial charge on any atom is 0.251 e. The van der Waals surface area contributed by atoms with Gasteiger partial charge in [-0.15, -0.1) is 0 Å². The molecular formula is C12H12BrNO. The molecule has 0 atom stereocenters. The van der Waals surface area contributed by atoms with E-state index in [0.29, 0.717) is 0 Å². The van der Waals surface area contributed by atoms with Crippen molar-refractivity contribution in [1.82, 2.24) is 4.98 Å². The Hall–Kier alpha value is -1.09. The van der Waals surface area contributed by atoms with E-state index in [0.717, 1.165) is 20.9 Å². The molecule has 0 spiro atoms. The molecule has 3 heteroatoms. The number of aromatic nitrogens is 1. The predicted molar refractivity (Wildman–Crippen MR) is 66.4 cm³/mol. The number of hydrogen-bond donors (Lipinski definition) is 1. The molecule has 0 aliphatic rings. The highest BCUT2D eigenvalue weighted by atomic mass is 79.9. The number of hydrogen-bond acceptors (Lipinski definition) is 1. The van der Waals surface area contributed by atoms with Gasteiger partial charge in [0.2, 0.25) is 0 Å². The quantitative estimate of drug-likeness (QED) is 0.842. The fourth-order valence-corrected chi connectivity index (χ4v) is 2.00. The molecule has 2 nitrogen and oxygen atoms in total. The zero-order valence-electron chi connectivity index (χ0n) is 8.67. The van der Waals surface area contributed by atoms with Crippen LogP contribution >= 0.6 is 15.9 Å². The minimum absolute atomic E-state index is 0.0137. The third-order valence-electron chi connectivity index (χ3n) is 2.46. The molecule has 2 rings (SSSR count). The number of benzene rings is 1. The van der Waals surface area contributed by atoms with Gasteiger partial charge in [0, 0.05) is 15.6 Å². The van der Waals surface area contributed by atoms with E-state index >= 15 is 0 Å². The van der Waals surface area contributed by atoms with Gasteiger partial charge in [0.05, 0.1) is 0 Å². The van der Waals surface area contributed by atoms with E-state index in [1.807, 2.05) is 38.1 Å². The van der Waals surface area contributed by atoms with Gasteiger partial charge < -0.3 is 4.98 Å². The summed E-state index contributed by atoms with van der Waals surface area (Å²) in [4.78, 5) is 14.6. The van der Waals surface area contributed by atoms with Crippen LogP contribution in [0, 0.1) is 0 Å². The number of nitrogens with one attached hydrogen (secondary N) is 1. The van der Waals surface area contributed by atoms with Gasteiger partial charge >= 0.3 is 0 Å². The van der Waals surface area contributed by atoms with Gasteiger partial charge in [0.15, 0.2) is 0 Å². The highest BCUT2D eigenvalue weighted by molar-refractivity contribution is 9.10. The van der Waals surface area contributed by atoms with Crippen LogP contribution in [0.1, 0.15) is 25.3 Å². The van der Waals surface area contributed by atoms with Crippen LogP contribution in [-0.4, -0.2) is 4.98 Å². The second kappa shape index (κ2) is 3.81. The molecule has 15 heavy (non-hydrogen) atoms. The number of halogens is 1. The molecule has 0 unspecified atom stereocenters. The molecule has 1 heterocycles. The number of pyridine rings is 1. The molecule has 2 aromatic rings. The van der Waals surface area contributed by atoms with Gasteiger partial charge in [-0.3, -0.25) is 4.79 Å². The van der Waals surface area contributed by atoms with Gasteiger partial charge in [-0.2, -0.15) is 0 Å². The highest BCUT2D eigenvalue weighted by Gasteiger charge is 2.06. The Labute approximate surface area is 96.5 Å². The smallest absolute Gasteiger partial charge is 0.251 e. The van der Waals surface area contributed by atoms with Crippen LogP contribution in [0.25, 0.3) is 10.9 Å². The Morgan fingerprint density at radius 3 is 2.67 bits per heavy atom. The molecule has 0 saturated carbocycles. The summed E-state index contributed by atoms with van der Waals surface area (Å²) in [7, 11) is 0. The van der Waals surface area contributed by atoms with Crippen molar-refractivity contribution >= 4 is 26.8 Å². The van der Waals surface area contributed by atoms with Crippen LogP contribution in [0.15, 0.2) is 33.5 Å². The molecule has 1 N–H and O–H groups in total. The van der Waals surface area contributed by atoms with Gasteiger partial charge in [-0.05, 0) is 35.6 Å². The maximum absolute atomic E-state index is 11.7. The lowest BCUT2D eigenvalue weighted by Crippen LogP contribution is -2.13. The van der Waals surface area contributed by atoms with Crippen molar-refractivity contribution in [2.45, 2.75) is 19.8 Å². The molecule has 0 saturated heterocycles. The monoisotopic (exact) mass is 265 g/mol. The molecule has 78 valence electrons. The number of rotatable bonds is 1. The fourth-order valence-electron chi connectivity index (χ4n) is 1.62. The first-order valence-corrected chi connectivity index (χ1v) is 5.69. The second-order valence-corrected chi connectivity index (χ2v) is 4.86. The van der Waals surface area contributed by atoms with E-state index in [1.54, 1.807) is 0 Å². The zero-order valence-corrected chi connectivity index (χ0v) is 10.3. The van der Waals surface area contributed by atoms with Crippen LogP contribution in [-0.2, 0) is 0 Å². The normalized spacial score (nSPS) is 11.2. The Kier molecular flexibility index (Phi) is 2.65. The molecule has 1 aromatic heterocycles. The minimum Gasteiger partial charge on any atom is -0.322 e. The summed E-state index contributed by atoms with van der Waals surface area (Å²) in [5.74, 6) is 0.247. The van der Waals surface area contributed by atoms with Crippen molar-refractivity contribution in [2.75, 3.05) is 0 Å². The lowest BCUT2D eigenvalue weighted by Gasteiger charge is -2.06. The predicted octanol–water partition coefficient (Wildman–Crippen LogP) is 3.41. The summed E-state index contributed by atoms with van der Waals surface area (Å²) in [6.45, 7) is 4.04. The van der Waals surface area contributed by atoms with Crippen molar-refractivity contribution < 1.29 is 0 Å². The van der Waals surface area contributed by atoms with Gasteiger partial charge in [-0.1, -0.05) is 29.8 Å². The van der Waals surface area contributed by atoms with E-state index < -0.39 is 0 Å². The van der Waals surface area contributed by atoms with Crippen molar-refractivity contribution in [2.24, 2.45) is 0 Å². The summed E-state index contributed by atoms with van der Waals surface area (Å²) in [5.41, 5.74) is 1.73. The topological polar surface area (TPSA) is 32.9 Å². The minimum atomic E-state index is 0.0137. The fraction of sp³-hybridized carbons (Fsp3) is 0.250. The first-order chi connectivity index (χ1) is 7.08. The van der Waals surface area contributed by atoms with Crippen LogP contribution < -0.4 is 5.56 Å². The Balaban J connectivity index is 2.77. The summed E-state index contributed by atoms with van der Waals surface area (Å²) < 4.78 is 1.02. The van der Waals surface area contributed by atoms with Crippen LogP contribution in [0.5, 0.6) is 0 Å². The second-order valence-electron chi connectivity index (χ2n) is 3.94. The Morgan fingerprint density at radius 1 is 1.27 bits per heavy atom. The van der Waals surface area contributed by atoms with Crippen molar-refractivity contribution in [3.05, 3.63) is 44.7 Å². The maximum atomic E-state index is 11.7. The molecule has 0 fully saturated rings. The summed E-state index contributed by atoms with van der Waals surface area (Å²) >= 11 is 3.42. The SMILES string of the molecule is CC(C)c1cc2cc(Br)ccc2[nH]c1=O. The van der Waals surface area contributed by atoms with Gasteiger partial charge in [0.25, 0.3) is 5.56 Å². The molecular weight excluding hydrogens is 254 g/mol. The third kappa shape index (κ3) is 1.97. The standard InChI is InChI=1S/C12H12BrNO/c1-7(2)10-6-8-5-9(13)3-4-11(8)14-12(10)15/h3-7H,1-2H3,(H,14,15). The van der Waals surface area contributed by atoms with Gasteiger partial charge in [-0.25, -0.2) is 0 Å². The Bertz CT molecular complexity index is 557. The highest BCUT2D eigenvalue weighted by Crippen LogP contribution is 2.20. The third-order valence-corrected chi connectivity index (χ3v) is 2.95. The molecule has 0 aliphatic carbocycles. The largest absolute Gasteiger partial charge is 0.322 e. The Morgan fingerprint density at radius 2 is 2.00 bits per heavy atom. The first-order valence-electron chi connectivity index (χ1n) is 4.90. The van der Waals surface area contributed by atoms with E-state index in [4.69, 9.17) is 0 Å². The van der Waals surface area contributed by atoms with Crippen LogP contribution in [0.3, 0.4) is 0 Å². The summed E-state index contributed by atoms with van der Waals surface area (Å²) in [6, 6.07) is 7.80. The lowest BCUT2D eigenvalue weighted by molar-refractivity contribution is 0.849. The van der Waals surface area contributed by atoms with Gasteiger partial charge in [0.1, 0.15) is 0 Å². The zero-order chi connectivity index (χ0) is 11.0. The van der Waals surface area contributed by atoms with E-state index in [2.05, 4.69) is 20.9 Å². The molecule has 0 amide bonds. The summed E-state index contributed by atoms with van der Waals surface area (Å²) in [5, 5.41) is 1.06. The van der Waals surface area contributed by atoms with Crippen LogP contribution in [0.2, 0.25) is 0 Å². The lowest BCUT2D eigenvalue weighted by atomic mass is 10.0. The van der Waals surface area contributed by atoms with Crippen molar-refractivity contribution in [1.29, 1.82) is 0 Å². The molecule has 0 radical (unpaired) electrons. The van der Waals surface area contributed by atoms with Crippen molar-refractivity contribution in [3.63, 3.8) is 0 Å². The number of H-pyrrole nitrogens is 1. The van der Waals surface area contributed by atoms with Crippen molar-refractivity contribution in [3.8, 4) is 0 Å². The first kappa shape index (κ1) is 10.4. The average molecular weight is 266 g/mol.